The second-order valence-corrected chi connectivity index (χ2v) is 6.10. The minimum absolute atomic E-state index is 1.10. The van der Waals surface area contributed by atoms with Gasteiger partial charge in [-0.3, -0.25) is 0 Å². The molecule has 154 valence electrons. The second-order valence-electron chi connectivity index (χ2n) is 4.41. The molecular formula is C10F12NO3S-. The van der Waals surface area contributed by atoms with Crippen molar-refractivity contribution >= 4 is 15.9 Å². The third-order valence-electron chi connectivity index (χ3n) is 2.71. The Morgan fingerprint density at radius 2 is 1.00 bits per heavy atom. The van der Waals surface area contributed by atoms with Crippen LogP contribution in [0.3, 0.4) is 0 Å². The number of hydrogen-bond donors (Lipinski definition) is 0. The van der Waals surface area contributed by atoms with Gasteiger partial charge in [-0.1, -0.05) is 0 Å². The summed E-state index contributed by atoms with van der Waals surface area (Å²) >= 11 is 0. The van der Waals surface area contributed by atoms with Crippen LogP contribution >= 0.6 is 0 Å². The molecule has 0 bridgehead atoms. The molecule has 27 heavy (non-hydrogen) atoms. The Labute approximate surface area is 139 Å². The van der Waals surface area contributed by atoms with Gasteiger partial charge in [-0.2, -0.15) is 30.7 Å². The predicted octanol–water partition coefficient (Wildman–Crippen LogP) is 2.61. The first-order chi connectivity index (χ1) is 11.8. The lowest BCUT2D eigenvalue weighted by Gasteiger charge is -2.28. The van der Waals surface area contributed by atoms with E-state index < -0.39 is 67.9 Å². The van der Waals surface area contributed by atoms with Crippen molar-refractivity contribution in [1.82, 2.24) is 0 Å². The molecule has 0 N–H and O–H groups in total. The van der Waals surface area contributed by atoms with E-state index in [1.165, 1.54) is 0 Å². The van der Waals surface area contributed by atoms with Gasteiger partial charge < -0.3 is 5.11 Å². The Hall–Kier alpha value is -2.20. The maximum atomic E-state index is 13.4. The minimum atomic E-state index is -7.67. The van der Waals surface area contributed by atoms with Crippen LogP contribution in [0.1, 0.15) is 5.56 Å². The van der Waals surface area contributed by atoms with Crippen LogP contribution in [0.5, 0.6) is 0 Å². The predicted molar refractivity (Wildman–Crippen MR) is 57.6 cm³/mol. The summed E-state index contributed by atoms with van der Waals surface area (Å²) in [5, 5.41) is 4.02. The SMILES string of the molecule is O=S(=O)(N=C([O-])c1c(F)c(F)c(F)c(F)c1F)C(F)(C(F)(F)F)C(F)(F)F. The molecule has 0 aliphatic rings. The van der Waals surface area contributed by atoms with Crippen molar-refractivity contribution in [2.45, 2.75) is 17.4 Å². The molecule has 17 heteroatoms. The first kappa shape index (κ1) is 22.8. The molecule has 0 fully saturated rings. The summed E-state index contributed by atoms with van der Waals surface area (Å²) in [5.74, 6) is -18.3. The van der Waals surface area contributed by atoms with Crippen molar-refractivity contribution in [2.24, 2.45) is 4.40 Å². The van der Waals surface area contributed by atoms with Gasteiger partial charge in [0, 0.05) is 5.90 Å². The number of rotatable bonds is 3. The van der Waals surface area contributed by atoms with Crippen molar-refractivity contribution in [1.29, 1.82) is 0 Å². The molecule has 0 heterocycles. The van der Waals surface area contributed by atoms with Gasteiger partial charge in [0.15, 0.2) is 23.3 Å². The van der Waals surface area contributed by atoms with Crippen LogP contribution in [0.25, 0.3) is 0 Å². The topological polar surface area (TPSA) is 69.6 Å². The summed E-state index contributed by atoms with van der Waals surface area (Å²) < 4.78 is 176. The summed E-state index contributed by atoms with van der Waals surface area (Å²) in [5.41, 5.74) is -2.82. The minimum Gasteiger partial charge on any atom is -0.857 e. The van der Waals surface area contributed by atoms with E-state index in [-0.39, 0.29) is 0 Å². The molecule has 0 unspecified atom stereocenters. The molecule has 1 rings (SSSR count). The average Bonchev–Trinajstić information content (AvgIpc) is 2.47. The highest BCUT2D eigenvalue weighted by atomic mass is 32.2. The number of hydrogen-bond acceptors (Lipinski definition) is 3. The fourth-order valence-electron chi connectivity index (χ4n) is 1.46. The van der Waals surface area contributed by atoms with Crippen molar-refractivity contribution < 1.29 is 66.2 Å². The van der Waals surface area contributed by atoms with Crippen LogP contribution in [0.4, 0.5) is 52.7 Å². The highest BCUT2D eigenvalue weighted by molar-refractivity contribution is 7.91. The Morgan fingerprint density at radius 1 is 0.704 bits per heavy atom. The van der Waals surface area contributed by atoms with E-state index in [0.717, 1.165) is 4.40 Å². The fourth-order valence-corrected chi connectivity index (χ4v) is 2.48. The van der Waals surface area contributed by atoms with E-state index in [1.54, 1.807) is 0 Å². The van der Waals surface area contributed by atoms with Gasteiger partial charge in [0.25, 0.3) is 0 Å². The smallest absolute Gasteiger partial charge is 0.449 e. The molecule has 1 aromatic rings. The van der Waals surface area contributed by atoms with Crippen molar-refractivity contribution in [3.8, 4) is 0 Å². The molecule has 0 amide bonds. The van der Waals surface area contributed by atoms with Crippen LogP contribution in [-0.2, 0) is 10.0 Å². The maximum Gasteiger partial charge on any atom is 0.449 e. The van der Waals surface area contributed by atoms with E-state index in [9.17, 15) is 66.2 Å². The molecule has 0 saturated heterocycles. The molecule has 0 radical (unpaired) electrons. The lowest BCUT2D eigenvalue weighted by atomic mass is 10.1. The van der Waals surface area contributed by atoms with Crippen molar-refractivity contribution in [3.05, 3.63) is 34.6 Å². The van der Waals surface area contributed by atoms with Gasteiger partial charge >= 0.3 is 27.4 Å². The molecule has 0 atom stereocenters. The highest BCUT2D eigenvalue weighted by Gasteiger charge is 2.81. The third-order valence-corrected chi connectivity index (χ3v) is 4.29. The van der Waals surface area contributed by atoms with Gasteiger partial charge in [0.1, 0.15) is 0 Å². The van der Waals surface area contributed by atoms with Crippen molar-refractivity contribution in [3.63, 3.8) is 0 Å². The Balaban J connectivity index is 3.82. The molecular weight excluding hydrogens is 442 g/mol. The van der Waals surface area contributed by atoms with Crippen LogP contribution in [0.2, 0.25) is 0 Å². The first-order valence-electron chi connectivity index (χ1n) is 5.67. The quantitative estimate of drug-likeness (QED) is 0.238. The number of halogens is 12. The molecule has 1 aromatic carbocycles. The summed E-state index contributed by atoms with van der Waals surface area (Å²) in [7, 11) is -7.67. The number of alkyl halides is 7. The normalized spacial score (nSPS) is 14.6. The molecule has 0 spiro atoms. The average molecular weight is 442 g/mol. The first-order valence-corrected chi connectivity index (χ1v) is 7.11. The van der Waals surface area contributed by atoms with Crippen LogP contribution in [0.15, 0.2) is 4.40 Å². The fraction of sp³-hybridized carbons (Fsp3) is 0.300. The summed E-state index contributed by atoms with van der Waals surface area (Å²) in [6, 6.07) is 0. The monoisotopic (exact) mass is 442 g/mol. The molecule has 0 saturated carbocycles. The van der Waals surface area contributed by atoms with E-state index >= 15 is 0 Å². The molecule has 0 aromatic heterocycles. The van der Waals surface area contributed by atoms with Gasteiger partial charge in [-0.15, -0.1) is 0 Å². The summed E-state index contributed by atoms with van der Waals surface area (Å²) in [6.45, 7) is 0. The van der Waals surface area contributed by atoms with Crippen LogP contribution in [-0.4, -0.2) is 31.7 Å². The number of nitrogens with zero attached hydrogens (tertiary/aromatic N) is 1. The molecule has 0 aliphatic heterocycles. The molecule has 0 aliphatic carbocycles. The standard InChI is InChI=1S/C10HF12NO3S/c11-2-1(3(12)5(14)6(15)4(2)13)7(24)23-27(25,26)8(16,9(17,18)19)10(20,21)22/h(H,23,24)/p-1. The van der Waals surface area contributed by atoms with E-state index in [2.05, 4.69) is 0 Å². The maximum absolute atomic E-state index is 13.4. The Morgan fingerprint density at radius 3 is 1.30 bits per heavy atom. The van der Waals surface area contributed by atoms with E-state index in [0.29, 0.717) is 0 Å². The van der Waals surface area contributed by atoms with Gasteiger partial charge in [0.05, 0.1) is 5.56 Å². The number of sulfonamides is 1. The van der Waals surface area contributed by atoms with Gasteiger partial charge in [0.2, 0.25) is 5.82 Å². The lowest BCUT2D eigenvalue weighted by Crippen LogP contribution is -2.58. The Kier molecular flexibility index (Phi) is 5.46. The third kappa shape index (κ3) is 3.39. The Bertz CT molecular complexity index is 858. The largest absolute Gasteiger partial charge is 0.857 e. The summed E-state index contributed by atoms with van der Waals surface area (Å²) in [4.78, 5) is 0. The second kappa shape index (κ2) is 6.45. The van der Waals surface area contributed by atoms with E-state index in [1.807, 2.05) is 0 Å². The lowest BCUT2D eigenvalue weighted by molar-refractivity contribution is -0.305. The summed E-state index contributed by atoms with van der Waals surface area (Å²) in [6.07, 6.45) is -14.6. The van der Waals surface area contributed by atoms with Crippen LogP contribution < -0.4 is 5.11 Å². The highest BCUT2D eigenvalue weighted by Crippen LogP contribution is 2.50. The zero-order chi connectivity index (χ0) is 21.7. The zero-order valence-corrected chi connectivity index (χ0v) is 12.4. The van der Waals surface area contributed by atoms with Crippen molar-refractivity contribution in [2.75, 3.05) is 0 Å². The van der Waals surface area contributed by atoms with Crippen LogP contribution in [0, 0.1) is 29.1 Å². The molecule has 4 nitrogen and oxygen atoms in total. The van der Waals surface area contributed by atoms with Gasteiger partial charge in [-0.05, 0) is 0 Å². The van der Waals surface area contributed by atoms with Gasteiger partial charge in [-0.25, -0.2) is 34.8 Å². The zero-order valence-electron chi connectivity index (χ0n) is 11.6. The number of benzene rings is 1. The van der Waals surface area contributed by atoms with E-state index in [4.69, 9.17) is 0 Å².